The molecule has 0 amide bonds. The van der Waals surface area contributed by atoms with E-state index in [1.165, 1.54) is 11.8 Å². The molecule has 0 bridgehead atoms. The summed E-state index contributed by atoms with van der Waals surface area (Å²) >= 11 is 1.37. The molecule has 1 saturated heterocycles. The minimum Gasteiger partial charge on any atom is -0.481 e. The molecule has 0 spiro atoms. The molecular formula is C17H29FN2O5S2. The van der Waals surface area contributed by atoms with Crippen LogP contribution in [0.4, 0.5) is 4.39 Å². The number of carboxylic acids is 1. The molecule has 3 fully saturated rings. The lowest BCUT2D eigenvalue weighted by atomic mass is 9.83. The highest BCUT2D eigenvalue weighted by molar-refractivity contribution is 8.13. The van der Waals surface area contributed by atoms with Crippen molar-refractivity contribution in [3.8, 4) is 0 Å². The van der Waals surface area contributed by atoms with Crippen molar-refractivity contribution in [1.82, 2.24) is 10.0 Å². The zero-order valence-electron chi connectivity index (χ0n) is 15.5. The first-order valence-electron chi connectivity index (χ1n) is 9.59. The second kappa shape index (κ2) is 8.94. The monoisotopic (exact) mass is 424 g/mol. The molecule has 1 heterocycles. The van der Waals surface area contributed by atoms with Crippen LogP contribution in [0.25, 0.3) is 0 Å². The number of hydrogen-bond donors (Lipinski definition) is 3. The molecule has 3 aliphatic rings. The summed E-state index contributed by atoms with van der Waals surface area (Å²) in [5.74, 6) is -1.43. The maximum Gasteiger partial charge on any atom is 0.308 e. The van der Waals surface area contributed by atoms with E-state index in [2.05, 4.69) is 10.0 Å². The predicted octanol–water partition coefficient (Wildman–Crippen LogP) is 1.69. The second-order valence-corrected chi connectivity index (χ2v) is 11.3. The van der Waals surface area contributed by atoms with Crippen LogP contribution in [0.2, 0.25) is 0 Å². The maximum absolute atomic E-state index is 13.3. The zero-order valence-corrected chi connectivity index (χ0v) is 17.1. The van der Waals surface area contributed by atoms with E-state index in [1.807, 2.05) is 0 Å². The first kappa shape index (κ1) is 21.3. The first-order chi connectivity index (χ1) is 12.8. The van der Waals surface area contributed by atoms with Gasteiger partial charge < -0.3 is 15.2 Å². The lowest BCUT2D eigenvalue weighted by molar-refractivity contribution is -0.144. The van der Waals surface area contributed by atoms with Crippen LogP contribution in [0.15, 0.2) is 0 Å². The fourth-order valence-electron chi connectivity index (χ4n) is 4.37. The Bertz CT molecular complexity index is 627. The Morgan fingerprint density at radius 3 is 2.56 bits per heavy atom. The largest absolute Gasteiger partial charge is 0.481 e. The van der Waals surface area contributed by atoms with Crippen LogP contribution in [-0.4, -0.2) is 61.4 Å². The summed E-state index contributed by atoms with van der Waals surface area (Å²) in [6.45, 7) is 0.318. The molecule has 0 aromatic carbocycles. The SMILES string of the molecule is COC1CCC(C(=O)O)C(NS(=O)(=O)C2CNC(C3CCC(F)CC3)S2)C1. The van der Waals surface area contributed by atoms with Gasteiger partial charge in [-0.3, -0.25) is 4.79 Å². The average Bonchev–Trinajstić information content (AvgIpc) is 3.12. The minimum atomic E-state index is -3.68. The minimum absolute atomic E-state index is 0.00688. The standard InChI is InChI=1S/C17H29FN2O5S2/c1-25-12-6-7-13(17(21)22)14(8-12)20-27(23,24)15-9-19-16(26-15)10-2-4-11(18)5-3-10/h10-16,19-20H,2-9H2,1H3,(H,21,22). The van der Waals surface area contributed by atoms with E-state index >= 15 is 0 Å². The van der Waals surface area contributed by atoms with Crippen molar-refractivity contribution < 1.29 is 27.4 Å². The summed E-state index contributed by atoms with van der Waals surface area (Å²) in [6.07, 6.45) is 3.13. The molecule has 3 N–H and O–H groups in total. The quantitative estimate of drug-likeness (QED) is 0.596. The number of alkyl halides is 1. The fourth-order valence-corrected chi connectivity index (χ4v) is 7.84. The van der Waals surface area contributed by atoms with Crippen LogP contribution in [-0.2, 0) is 19.6 Å². The summed E-state index contributed by atoms with van der Waals surface area (Å²) in [5.41, 5.74) is 0. The molecule has 2 aliphatic carbocycles. The van der Waals surface area contributed by atoms with Gasteiger partial charge in [0.25, 0.3) is 0 Å². The molecule has 0 aromatic rings. The Kier molecular flexibility index (Phi) is 7.05. The number of nitrogens with one attached hydrogen (secondary N) is 2. The molecule has 7 nitrogen and oxygen atoms in total. The highest BCUT2D eigenvalue weighted by Gasteiger charge is 2.43. The van der Waals surface area contributed by atoms with E-state index in [1.54, 1.807) is 7.11 Å². The fraction of sp³-hybridized carbons (Fsp3) is 0.941. The number of aliphatic carboxylic acids is 1. The van der Waals surface area contributed by atoms with E-state index in [0.717, 1.165) is 12.8 Å². The summed E-state index contributed by atoms with van der Waals surface area (Å²) in [6, 6.07) is -0.659. The van der Waals surface area contributed by atoms with Gasteiger partial charge in [-0.05, 0) is 50.9 Å². The highest BCUT2D eigenvalue weighted by atomic mass is 32.3. The van der Waals surface area contributed by atoms with Crippen LogP contribution < -0.4 is 10.0 Å². The Morgan fingerprint density at radius 2 is 1.93 bits per heavy atom. The number of hydrogen-bond acceptors (Lipinski definition) is 6. The van der Waals surface area contributed by atoms with Crippen molar-refractivity contribution in [3.05, 3.63) is 0 Å². The first-order valence-corrected chi connectivity index (χ1v) is 12.1. The molecule has 10 heteroatoms. The van der Waals surface area contributed by atoms with Crippen LogP contribution in [0, 0.1) is 11.8 Å². The van der Waals surface area contributed by atoms with Crippen molar-refractivity contribution in [1.29, 1.82) is 0 Å². The summed E-state index contributed by atoms with van der Waals surface area (Å²) < 4.78 is 46.4. The van der Waals surface area contributed by atoms with Crippen LogP contribution in [0.1, 0.15) is 44.9 Å². The number of thioether (sulfide) groups is 1. The molecular weight excluding hydrogens is 395 g/mol. The van der Waals surface area contributed by atoms with Gasteiger partial charge in [-0.25, -0.2) is 17.5 Å². The third-order valence-corrected chi connectivity index (χ3v) is 9.93. The normalized spacial score (nSPS) is 40.7. The topological polar surface area (TPSA) is 105 Å². The van der Waals surface area contributed by atoms with Gasteiger partial charge in [0.2, 0.25) is 10.0 Å². The lowest BCUT2D eigenvalue weighted by Crippen LogP contribution is -2.50. The number of methoxy groups -OCH3 is 1. The van der Waals surface area contributed by atoms with Gasteiger partial charge in [-0.15, -0.1) is 11.8 Å². The van der Waals surface area contributed by atoms with Gasteiger partial charge in [0, 0.05) is 19.7 Å². The van der Waals surface area contributed by atoms with Crippen LogP contribution in [0.5, 0.6) is 0 Å². The smallest absolute Gasteiger partial charge is 0.308 e. The molecule has 27 heavy (non-hydrogen) atoms. The second-order valence-electron chi connectivity index (χ2n) is 7.79. The van der Waals surface area contributed by atoms with Crippen LogP contribution >= 0.6 is 11.8 Å². The third kappa shape index (κ3) is 5.14. The molecule has 2 saturated carbocycles. The number of carbonyl (C=O) groups is 1. The third-order valence-electron chi connectivity index (χ3n) is 6.03. The molecule has 5 atom stereocenters. The zero-order chi connectivity index (χ0) is 19.6. The summed E-state index contributed by atoms with van der Waals surface area (Å²) in [4.78, 5) is 11.5. The number of carboxylic acid groups (broad SMARTS) is 1. The number of halogens is 1. The maximum atomic E-state index is 13.3. The highest BCUT2D eigenvalue weighted by Crippen LogP contribution is 2.38. The molecule has 156 valence electrons. The molecule has 5 unspecified atom stereocenters. The van der Waals surface area contributed by atoms with Gasteiger partial charge in [0.1, 0.15) is 10.8 Å². The predicted molar refractivity (Wildman–Crippen MR) is 102 cm³/mol. The lowest BCUT2D eigenvalue weighted by Gasteiger charge is -2.34. The van der Waals surface area contributed by atoms with Crippen molar-refractivity contribution in [2.24, 2.45) is 11.8 Å². The van der Waals surface area contributed by atoms with Crippen LogP contribution in [0.3, 0.4) is 0 Å². The summed E-state index contributed by atoms with van der Waals surface area (Å²) in [7, 11) is -2.12. The van der Waals surface area contributed by atoms with E-state index in [-0.39, 0.29) is 17.4 Å². The van der Waals surface area contributed by atoms with Crippen molar-refractivity contribution in [2.75, 3.05) is 13.7 Å². The number of ether oxygens (including phenoxy) is 1. The van der Waals surface area contributed by atoms with Crippen molar-refractivity contribution in [2.45, 2.75) is 73.2 Å². The molecule has 1 aliphatic heterocycles. The van der Waals surface area contributed by atoms with E-state index < -0.39 is 38.7 Å². The van der Waals surface area contributed by atoms with E-state index in [4.69, 9.17) is 4.74 Å². The molecule has 0 radical (unpaired) electrons. The number of sulfonamides is 1. The van der Waals surface area contributed by atoms with Gasteiger partial charge in [0.05, 0.1) is 17.4 Å². The Hall–Kier alpha value is -0.420. The van der Waals surface area contributed by atoms with Gasteiger partial charge in [0.15, 0.2) is 0 Å². The average molecular weight is 425 g/mol. The number of rotatable bonds is 6. The molecule has 3 rings (SSSR count). The Labute approximate surface area is 164 Å². The van der Waals surface area contributed by atoms with E-state index in [0.29, 0.717) is 38.6 Å². The van der Waals surface area contributed by atoms with Gasteiger partial charge in [-0.1, -0.05) is 0 Å². The van der Waals surface area contributed by atoms with Gasteiger partial charge >= 0.3 is 5.97 Å². The van der Waals surface area contributed by atoms with Crippen molar-refractivity contribution in [3.63, 3.8) is 0 Å². The van der Waals surface area contributed by atoms with E-state index in [9.17, 15) is 22.7 Å². The summed E-state index contributed by atoms with van der Waals surface area (Å²) in [5, 5.41) is 12.7. The Morgan fingerprint density at radius 1 is 1.22 bits per heavy atom. The Balaban J connectivity index is 1.61. The molecule has 0 aromatic heterocycles. The van der Waals surface area contributed by atoms with Gasteiger partial charge in [-0.2, -0.15) is 0 Å². The van der Waals surface area contributed by atoms with Crippen molar-refractivity contribution >= 4 is 27.8 Å².